The Kier molecular flexibility index (Phi) is 5.16. The maximum absolute atomic E-state index is 12.1. The van der Waals surface area contributed by atoms with Crippen molar-refractivity contribution in [3.63, 3.8) is 0 Å². The normalized spacial score (nSPS) is 12.6. The van der Waals surface area contributed by atoms with Crippen LogP contribution in [0.5, 0.6) is 0 Å². The van der Waals surface area contributed by atoms with Crippen LogP contribution in [0.1, 0.15) is 38.8 Å². The molecule has 1 amide bonds. The third kappa shape index (κ3) is 4.78. The van der Waals surface area contributed by atoms with Crippen molar-refractivity contribution < 1.29 is 9.53 Å². The number of rotatable bonds is 4. The number of ether oxygens (including phenoxy) is 1. The third-order valence-electron chi connectivity index (χ3n) is 2.72. The lowest BCUT2D eigenvalue weighted by atomic mass is 10.0. The Bertz CT molecular complexity index is 420. The van der Waals surface area contributed by atoms with E-state index in [4.69, 9.17) is 4.74 Å². The highest BCUT2D eigenvalue weighted by atomic mass is 16.6. The second-order valence-electron chi connectivity index (χ2n) is 5.54. The molecule has 0 saturated heterocycles. The zero-order valence-electron chi connectivity index (χ0n) is 12.2. The maximum atomic E-state index is 12.1. The molecule has 0 aromatic heterocycles. The van der Waals surface area contributed by atoms with Gasteiger partial charge in [0.1, 0.15) is 5.60 Å². The average molecular weight is 261 g/mol. The number of carbonyl (C=O) groups excluding carboxylic acids is 1. The number of hydrogen-bond donors (Lipinski definition) is 0. The van der Waals surface area contributed by atoms with Crippen molar-refractivity contribution >= 4 is 6.09 Å². The summed E-state index contributed by atoms with van der Waals surface area (Å²) in [5, 5.41) is 0. The molecule has 0 aliphatic carbocycles. The molecule has 1 rings (SSSR count). The van der Waals surface area contributed by atoms with Crippen molar-refractivity contribution in [3.05, 3.63) is 48.6 Å². The summed E-state index contributed by atoms with van der Waals surface area (Å²) in [5.74, 6) is 0. The molecule has 0 bridgehead atoms. The maximum Gasteiger partial charge on any atom is 0.410 e. The van der Waals surface area contributed by atoms with E-state index in [1.54, 1.807) is 11.9 Å². The Morgan fingerprint density at radius 1 is 1.37 bits per heavy atom. The van der Waals surface area contributed by atoms with Gasteiger partial charge in [-0.15, -0.1) is 6.58 Å². The number of amides is 1. The molecule has 3 nitrogen and oxygen atoms in total. The van der Waals surface area contributed by atoms with Crippen LogP contribution in [0.4, 0.5) is 4.79 Å². The highest BCUT2D eigenvalue weighted by Gasteiger charge is 2.25. The molecule has 1 unspecified atom stereocenters. The summed E-state index contributed by atoms with van der Waals surface area (Å²) in [4.78, 5) is 13.7. The zero-order valence-corrected chi connectivity index (χ0v) is 12.2. The van der Waals surface area contributed by atoms with Crippen LogP contribution in [0.15, 0.2) is 43.0 Å². The fourth-order valence-electron chi connectivity index (χ4n) is 1.81. The van der Waals surface area contributed by atoms with E-state index in [1.165, 1.54) is 0 Å². The van der Waals surface area contributed by atoms with Gasteiger partial charge in [-0.3, -0.25) is 0 Å². The molecule has 0 fully saturated rings. The molecule has 19 heavy (non-hydrogen) atoms. The Morgan fingerprint density at radius 3 is 2.42 bits per heavy atom. The highest BCUT2D eigenvalue weighted by Crippen LogP contribution is 2.25. The molecule has 1 aromatic rings. The monoisotopic (exact) mass is 261 g/mol. The summed E-state index contributed by atoms with van der Waals surface area (Å²) >= 11 is 0. The van der Waals surface area contributed by atoms with E-state index in [9.17, 15) is 4.79 Å². The van der Waals surface area contributed by atoms with Crippen molar-refractivity contribution in [3.8, 4) is 0 Å². The Morgan fingerprint density at radius 2 is 1.95 bits per heavy atom. The molecule has 0 radical (unpaired) electrons. The molecule has 0 N–H and O–H groups in total. The lowest BCUT2D eigenvalue weighted by molar-refractivity contribution is 0.0221. The standard InChI is InChI=1S/C16H23NO2/c1-6-10-14(13-11-8-7-9-12-13)17(5)15(18)19-16(2,3)4/h6-9,11-12,14H,1,10H2,2-5H3. The molecule has 0 spiro atoms. The van der Waals surface area contributed by atoms with Crippen molar-refractivity contribution in [2.45, 2.75) is 38.8 Å². The zero-order chi connectivity index (χ0) is 14.5. The SMILES string of the molecule is C=CCC(c1ccccc1)N(C)C(=O)OC(C)(C)C. The van der Waals surface area contributed by atoms with E-state index in [0.717, 1.165) is 5.56 Å². The molecular formula is C16H23NO2. The molecule has 1 atom stereocenters. The van der Waals surface area contributed by atoms with E-state index < -0.39 is 5.60 Å². The fourth-order valence-corrected chi connectivity index (χ4v) is 1.81. The first-order valence-corrected chi connectivity index (χ1v) is 6.47. The fraction of sp³-hybridized carbons (Fsp3) is 0.438. The average Bonchev–Trinajstić information content (AvgIpc) is 2.34. The van der Waals surface area contributed by atoms with Gasteiger partial charge in [-0.2, -0.15) is 0 Å². The Hall–Kier alpha value is -1.77. The van der Waals surface area contributed by atoms with Crippen LogP contribution >= 0.6 is 0 Å². The number of hydrogen-bond acceptors (Lipinski definition) is 2. The first-order chi connectivity index (χ1) is 8.85. The van der Waals surface area contributed by atoms with Crippen LogP contribution in [0.25, 0.3) is 0 Å². The minimum atomic E-state index is -0.485. The predicted molar refractivity (Wildman–Crippen MR) is 78.0 cm³/mol. The highest BCUT2D eigenvalue weighted by molar-refractivity contribution is 5.68. The van der Waals surface area contributed by atoms with Gasteiger partial charge >= 0.3 is 6.09 Å². The van der Waals surface area contributed by atoms with Gasteiger partial charge in [0, 0.05) is 7.05 Å². The summed E-state index contributed by atoms with van der Waals surface area (Å²) in [5.41, 5.74) is 0.594. The summed E-state index contributed by atoms with van der Waals surface area (Å²) in [7, 11) is 1.76. The summed E-state index contributed by atoms with van der Waals surface area (Å²) < 4.78 is 5.40. The van der Waals surface area contributed by atoms with Gasteiger partial charge < -0.3 is 9.64 Å². The van der Waals surface area contributed by atoms with Crippen LogP contribution in [-0.2, 0) is 4.74 Å². The van der Waals surface area contributed by atoms with Crippen molar-refractivity contribution in [1.29, 1.82) is 0 Å². The van der Waals surface area contributed by atoms with Crippen LogP contribution in [0.2, 0.25) is 0 Å². The summed E-state index contributed by atoms with van der Waals surface area (Å²) in [6.45, 7) is 9.36. The largest absolute Gasteiger partial charge is 0.444 e. The summed E-state index contributed by atoms with van der Waals surface area (Å²) in [6.07, 6.45) is 2.20. The minimum Gasteiger partial charge on any atom is -0.444 e. The topological polar surface area (TPSA) is 29.5 Å². The van der Waals surface area contributed by atoms with Gasteiger partial charge in [-0.1, -0.05) is 36.4 Å². The van der Waals surface area contributed by atoms with Gasteiger partial charge in [0.25, 0.3) is 0 Å². The molecule has 1 aromatic carbocycles. The van der Waals surface area contributed by atoms with Gasteiger partial charge in [0.15, 0.2) is 0 Å². The summed E-state index contributed by atoms with van der Waals surface area (Å²) in [6, 6.07) is 9.86. The van der Waals surface area contributed by atoms with Crippen molar-refractivity contribution in [2.75, 3.05) is 7.05 Å². The van der Waals surface area contributed by atoms with Crippen molar-refractivity contribution in [1.82, 2.24) is 4.90 Å². The number of benzene rings is 1. The van der Waals surface area contributed by atoms with E-state index in [-0.39, 0.29) is 12.1 Å². The quantitative estimate of drug-likeness (QED) is 0.761. The van der Waals surface area contributed by atoms with Crippen molar-refractivity contribution in [2.24, 2.45) is 0 Å². The Balaban J connectivity index is 2.87. The van der Waals surface area contributed by atoms with Crippen LogP contribution in [-0.4, -0.2) is 23.6 Å². The van der Waals surface area contributed by atoms with Gasteiger partial charge in [-0.05, 0) is 32.8 Å². The third-order valence-corrected chi connectivity index (χ3v) is 2.72. The number of carbonyl (C=O) groups is 1. The predicted octanol–water partition coefficient (Wildman–Crippen LogP) is 4.17. The van der Waals surface area contributed by atoms with Crippen LogP contribution in [0.3, 0.4) is 0 Å². The molecule has 104 valence electrons. The van der Waals surface area contributed by atoms with Gasteiger partial charge in [0.2, 0.25) is 0 Å². The molecule has 0 aliphatic rings. The molecule has 3 heteroatoms. The lowest BCUT2D eigenvalue weighted by Gasteiger charge is -2.30. The van der Waals surface area contributed by atoms with Gasteiger partial charge in [-0.25, -0.2) is 4.79 Å². The number of nitrogens with zero attached hydrogens (tertiary/aromatic N) is 1. The van der Waals surface area contributed by atoms with Crippen LogP contribution < -0.4 is 0 Å². The van der Waals surface area contributed by atoms with E-state index in [2.05, 4.69) is 6.58 Å². The molecular weight excluding hydrogens is 238 g/mol. The van der Waals surface area contributed by atoms with Crippen LogP contribution in [0, 0.1) is 0 Å². The van der Waals surface area contributed by atoms with E-state index >= 15 is 0 Å². The lowest BCUT2D eigenvalue weighted by Crippen LogP contribution is -2.36. The second kappa shape index (κ2) is 6.41. The minimum absolute atomic E-state index is 0.0476. The van der Waals surface area contributed by atoms with Gasteiger partial charge in [0.05, 0.1) is 6.04 Å². The molecule has 0 aliphatic heterocycles. The van der Waals surface area contributed by atoms with E-state index in [0.29, 0.717) is 6.42 Å². The first-order valence-electron chi connectivity index (χ1n) is 6.47. The Labute approximate surface area is 115 Å². The van der Waals surface area contributed by atoms with E-state index in [1.807, 2.05) is 57.2 Å². The molecule has 0 saturated carbocycles. The first kappa shape index (κ1) is 15.3. The smallest absolute Gasteiger partial charge is 0.410 e. The second-order valence-corrected chi connectivity index (χ2v) is 5.54. The molecule has 0 heterocycles.